The molecule has 1 atom stereocenters. The summed E-state index contributed by atoms with van der Waals surface area (Å²) in [5.74, 6) is -0.579. The minimum atomic E-state index is -0.498. The van der Waals surface area contributed by atoms with Gasteiger partial charge in [0.15, 0.2) is 0 Å². The van der Waals surface area contributed by atoms with E-state index in [0.29, 0.717) is 33.7 Å². The number of rotatable bonds is 6. The normalized spacial score (nSPS) is 16.0. The molecule has 1 saturated heterocycles. The third-order valence-corrected chi connectivity index (χ3v) is 6.04. The average Bonchev–Trinajstić information content (AvgIpc) is 3.39. The molecule has 32 heavy (non-hydrogen) atoms. The van der Waals surface area contributed by atoms with Crippen molar-refractivity contribution in [2.75, 3.05) is 16.8 Å². The third-order valence-electron chi connectivity index (χ3n) is 4.79. The van der Waals surface area contributed by atoms with Gasteiger partial charge in [-0.1, -0.05) is 35.1 Å². The topological polar surface area (TPSA) is 118 Å². The predicted molar refractivity (Wildman–Crippen MR) is 122 cm³/mol. The van der Waals surface area contributed by atoms with E-state index in [1.54, 1.807) is 41.3 Å². The van der Waals surface area contributed by atoms with E-state index in [1.165, 1.54) is 35.6 Å². The number of carbonyl (C=O) groups is 2. The van der Waals surface area contributed by atoms with Gasteiger partial charge in [-0.25, -0.2) is 0 Å². The van der Waals surface area contributed by atoms with Crippen molar-refractivity contribution in [1.82, 2.24) is 10.2 Å². The Morgan fingerprint density at radius 1 is 1.25 bits per heavy atom. The zero-order chi connectivity index (χ0) is 22.7. The molecule has 3 aromatic rings. The van der Waals surface area contributed by atoms with E-state index in [4.69, 9.17) is 11.6 Å². The van der Waals surface area contributed by atoms with Gasteiger partial charge in [-0.15, -0.1) is 10.2 Å². The van der Waals surface area contributed by atoms with Crippen LogP contribution >= 0.6 is 22.9 Å². The lowest BCUT2D eigenvalue weighted by Crippen LogP contribution is -2.24. The molecule has 9 nitrogen and oxygen atoms in total. The van der Waals surface area contributed by atoms with Gasteiger partial charge < -0.3 is 4.90 Å². The van der Waals surface area contributed by atoms with Crippen molar-refractivity contribution in [2.45, 2.75) is 12.3 Å². The van der Waals surface area contributed by atoms with E-state index in [2.05, 4.69) is 15.5 Å². The number of aromatic nitrogens is 2. The highest BCUT2D eigenvalue weighted by molar-refractivity contribution is 7.15. The molecule has 1 aliphatic rings. The molecule has 11 heteroatoms. The molecule has 2 amide bonds. The van der Waals surface area contributed by atoms with Crippen LogP contribution in [-0.4, -0.2) is 33.5 Å². The van der Waals surface area contributed by atoms with E-state index in [-0.39, 0.29) is 17.5 Å². The second-order valence-corrected chi connectivity index (χ2v) is 8.45. The molecule has 0 saturated carbocycles. The fourth-order valence-electron chi connectivity index (χ4n) is 3.25. The van der Waals surface area contributed by atoms with Crippen LogP contribution in [0.3, 0.4) is 0 Å². The molecule has 2 aromatic carbocycles. The molecule has 4 rings (SSSR count). The van der Waals surface area contributed by atoms with Gasteiger partial charge in [0.25, 0.3) is 5.69 Å². The van der Waals surface area contributed by atoms with Crippen LogP contribution < -0.4 is 10.2 Å². The number of benzene rings is 2. The van der Waals surface area contributed by atoms with Crippen molar-refractivity contribution in [3.63, 3.8) is 0 Å². The number of non-ortho nitro benzene ring substituents is 1. The maximum atomic E-state index is 12.4. The van der Waals surface area contributed by atoms with Crippen LogP contribution in [0.2, 0.25) is 5.02 Å². The average molecular weight is 470 g/mol. The molecule has 1 unspecified atom stereocenters. The Kier molecular flexibility index (Phi) is 6.24. The smallest absolute Gasteiger partial charge is 0.270 e. The minimum Gasteiger partial charge on any atom is -0.312 e. The Morgan fingerprint density at radius 2 is 2.03 bits per heavy atom. The molecule has 1 fully saturated rings. The first kappa shape index (κ1) is 21.6. The van der Waals surface area contributed by atoms with E-state index in [9.17, 15) is 19.7 Å². The number of carbonyl (C=O) groups excluding carboxylic acids is 2. The largest absolute Gasteiger partial charge is 0.312 e. The van der Waals surface area contributed by atoms with E-state index < -0.39 is 10.8 Å². The zero-order valence-electron chi connectivity index (χ0n) is 16.5. The van der Waals surface area contributed by atoms with Crippen molar-refractivity contribution in [1.29, 1.82) is 0 Å². The van der Waals surface area contributed by atoms with Gasteiger partial charge in [-0.05, 0) is 35.9 Å². The molecule has 0 spiro atoms. The monoisotopic (exact) mass is 469 g/mol. The first-order valence-corrected chi connectivity index (χ1v) is 10.7. The van der Waals surface area contributed by atoms with Crippen LogP contribution in [0.15, 0.2) is 54.6 Å². The minimum absolute atomic E-state index is 0.0157. The first-order valence-electron chi connectivity index (χ1n) is 9.52. The molecule has 1 aromatic heterocycles. The van der Waals surface area contributed by atoms with Crippen LogP contribution in [0.25, 0.3) is 6.08 Å². The summed E-state index contributed by atoms with van der Waals surface area (Å²) in [4.78, 5) is 36.7. The fourth-order valence-corrected chi connectivity index (χ4v) is 4.22. The lowest BCUT2D eigenvalue weighted by molar-refractivity contribution is -0.384. The highest BCUT2D eigenvalue weighted by atomic mass is 35.5. The standard InChI is InChI=1S/C21H16ClN5O4S/c22-15-5-7-16(8-6-15)26-12-14(11-19(26)29)20-24-25-21(32-20)23-18(28)9-4-13-2-1-3-17(10-13)27(30)31/h1-10,14H,11-12H2,(H,23,25,28)/b9-4+. The molecule has 0 bridgehead atoms. The van der Waals surface area contributed by atoms with Crippen LogP contribution in [0.1, 0.15) is 22.9 Å². The Labute approximate surface area is 191 Å². The summed E-state index contributed by atoms with van der Waals surface area (Å²) in [6.45, 7) is 0.468. The molecule has 0 radical (unpaired) electrons. The Balaban J connectivity index is 1.38. The summed E-state index contributed by atoms with van der Waals surface area (Å²) in [5, 5.41) is 23.2. The number of hydrogen-bond acceptors (Lipinski definition) is 7. The molecular formula is C21H16ClN5O4S. The molecular weight excluding hydrogens is 454 g/mol. The Morgan fingerprint density at radius 3 is 2.78 bits per heavy atom. The number of nitro benzene ring substituents is 1. The van der Waals surface area contributed by atoms with Crippen LogP contribution in [-0.2, 0) is 9.59 Å². The van der Waals surface area contributed by atoms with E-state index in [0.717, 1.165) is 5.69 Å². The number of amides is 2. The highest BCUT2D eigenvalue weighted by Crippen LogP contribution is 2.34. The highest BCUT2D eigenvalue weighted by Gasteiger charge is 2.33. The molecule has 2 heterocycles. The second-order valence-electron chi connectivity index (χ2n) is 7.00. The van der Waals surface area contributed by atoms with Crippen molar-refractivity contribution in [3.05, 3.63) is 80.3 Å². The summed E-state index contributed by atoms with van der Waals surface area (Å²) < 4.78 is 0. The van der Waals surface area contributed by atoms with Gasteiger partial charge >= 0.3 is 0 Å². The SMILES string of the molecule is O=C(/C=C/c1cccc([N+](=O)[O-])c1)Nc1nnc(C2CC(=O)N(c3ccc(Cl)cc3)C2)s1. The number of anilines is 2. The maximum absolute atomic E-state index is 12.4. The van der Waals surface area contributed by atoms with Crippen molar-refractivity contribution in [3.8, 4) is 0 Å². The predicted octanol–water partition coefficient (Wildman–Crippen LogP) is 4.27. The van der Waals surface area contributed by atoms with Crippen LogP contribution in [0.4, 0.5) is 16.5 Å². The summed E-state index contributed by atoms with van der Waals surface area (Å²) in [6.07, 6.45) is 3.04. The van der Waals surface area contributed by atoms with Gasteiger partial charge in [-0.3, -0.25) is 25.0 Å². The maximum Gasteiger partial charge on any atom is 0.270 e. The number of nitro groups is 1. The quantitative estimate of drug-likeness (QED) is 0.327. The molecule has 162 valence electrons. The molecule has 1 aliphatic heterocycles. The zero-order valence-corrected chi connectivity index (χ0v) is 18.0. The van der Waals surface area contributed by atoms with Crippen molar-refractivity contribution in [2.24, 2.45) is 0 Å². The second kappa shape index (κ2) is 9.25. The lowest BCUT2D eigenvalue weighted by Gasteiger charge is -2.16. The van der Waals surface area contributed by atoms with Gasteiger partial charge in [0.05, 0.1) is 4.92 Å². The van der Waals surface area contributed by atoms with Gasteiger partial charge in [0, 0.05) is 47.8 Å². The molecule has 0 aliphatic carbocycles. The number of hydrogen-bond donors (Lipinski definition) is 1. The van der Waals surface area contributed by atoms with Gasteiger partial charge in [0.2, 0.25) is 16.9 Å². The Hall–Kier alpha value is -3.63. The fraction of sp³-hybridized carbons (Fsp3) is 0.143. The van der Waals surface area contributed by atoms with Crippen LogP contribution in [0.5, 0.6) is 0 Å². The van der Waals surface area contributed by atoms with E-state index >= 15 is 0 Å². The summed E-state index contributed by atoms with van der Waals surface area (Å²) in [7, 11) is 0. The number of nitrogens with zero attached hydrogens (tertiary/aromatic N) is 4. The summed E-state index contributed by atoms with van der Waals surface area (Å²) >= 11 is 7.12. The van der Waals surface area contributed by atoms with Gasteiger partial charge in [0.1, 0.15) is 5.01 Å². The lowest BCUT2D eigenvalue weighted by atomic mass is 10.1. The summed E-state index contributed by atoms with van der Waals surface area (Å²) in [5.41, 5.74) is 1.24. The van der Waals surface area contributed by atoms with Gasteiger partial charge in [-0.2, -0.15) is 0 Å². The van der Waals surface area contributed by atoms with E-state index in [1.807, 2.05) is 0 Å². The first-order chi connectivity index (χ1) is 15.4. The summed E-state index contributed by atoms with van der Waals surface area (Å²) in [6, 6.07) is 13.0. The third kappa shape index (κ3) is 4.98. The number of halogens is 1. The molecule has 1 N–H and O–H groups in total. The van der Waals surface area contributed by atoms with Crippen LogP contribution in [0, 0.1) is 10.1 Å². The number of nitrogens with one attached hydrogen (secondary N) is 1. The van der Waals surface area contributed by atoms with Crippen molar-refractivity contribution >= 4 is 57.3 Å². The Bertz CT molecular complexity index is 1210. The van der Waals surface area contributed by atoms with Crippen molar-refractivity contribution < 1.29 is 14.5 Å².